The van der Waals surface area contributed by atoms with Gasteiger partial charge in [-0.3, -0.25) is 14.6 Å². The van der Waals surface area contributed by atoms with E-state index in [-0.39, 0.29) is 11.9 Å². The first kappa shape index (κ1) is 25.9. The van der Waals surface area contributed by atoms with Crippen molar-refractivity contribution >= 4 is 5.91 Å². The van der Waals surface area contributed by atoms with Gasteiger partial charge in [0.1, 0.15) is 5.75 Å². The van der Waals surface area contributed by atoms with Crippen molar-refractivity contribution in [1.29, 1.82) is 0 Å². The summed E-state index contributed by atoms with van der Waals surface area (Å²) in [6.07, 6.45) is 0. The normalized spacial score (nSPS) is 19.7. The molecular formula is C31H39N3O2. The van der Waals surface area contributed by atoms with Gasteiger partial charge in [0.15, 0.2) is 0 Å². The summed E-state index contributed by atoms with van der Waals surface area (Å²) >= 11 is 0. The number of hydrogen-bond acceptors (Lipinski definition) is 4. The van der Waals surface area contributed by atoms with Gasteiger partial charge in [-0.05, 0) is 68.7 Å². The lowest BCUT2D eigenvalue weighted by Gasteiger charge is -2.47. The molecule has 5 heteroatoms. The molecule has 1 saturated heterocycles. The third-order valence-electron chi connectivity index (χ3n) is 7.46. The van der Waals surface area contributed by atoms with Crippen LogP contribution in [0.25, 0.3) is 0 Å². The number of aromatic hydroxyl groups is 1. The molecule has 3 atom stereocenters. The molecule has 36 heavy (non-hydrogen) atoms. The third-order valence-corrected chi connectivity index (χ3v) is 7.46. The van der Waals surface area contributed by atoms with Crippen molar-refractivity contribution in [2.75, 3.05) is 26.2 Å². The molecule has 0 spiro atoms. The number of phenolic OH excluding ortho intramolecular Hbond substituents is 1. The molecule has 3 aromatic rings. The SMILES string of the molecule is CCN(CC)C(=O)c1ccc(C(c2ccccc2)N2C[C@@H](C)N(Cc3ccc(O)cc3)C[C@@H]2C)cc1. The highest BCUT2D eigenvalue weighted by molar-refractivity contribution is 5.94. The zero-order chi connectivity index (χ0) is 25.7. The number of hydrogen-bond donors (Lipinski definition) is 1. The van der Waals surface area contributed by atoms with Gasteiger partial charge in [0, 0.05) is 50.4 Å². The van der Waals surface area contributed by atoms with Gasteiger partial charge in [-0.25, -0.2) is 0 Å². The Kier molecular flexibility index (Phi) is 8.44. The standard InChI is InChI=1S/C31H39N3O2/c1-5-32(6-2)31(36)28-16-14-27(15-17-28)30(26-10-8-7-9-11-26)34-21-23(3)33(20-24(34)4)22-25-12-18-29(35)19-13-25/h7-19,23-24,30,35H,5-6,20-22H2,1-4H3/t23-,24+,30?/m1/s1. The Bertz CT molecular complexity index is 1110. The van der Waals surface area contributed by atoms with E-state index < -0.39 is 0 Å². The first-order valence-electron chi connectivity index (χ1n) is 13.1. The number of carbonyl (C=O) groups is 1. The first-order valence-corrected chi connectivity index (χ1v) is 13.1. The number of nitrogens with zero attached hydrogens (tertiary/aromatic N) is 3. The fourth-order valence-electron chi connectivity index (χ4n) is 5.35. The number of carbonyl (C=O) groups excluding carboxylic acids is 1. The predicted octanol–water partition coefficient (Wildman–Crippen LogP) is 5.56. The van der Waals surface area contributed by atoms with Gasteiger partial charge < -0.3 is 10.0 Å². The maximum absolute atomic E-state index is 12.9. The zero-order valence-electron chi connectivity index (χ0n) is 22.0. The van der Waals surface area contributed by atoms with E-state index in [0.29, 0.717) is 30.9 Å². The van der Waals surface area contributed by atoms with Gasteiger partial charge in [0.2, 0.25) is 0 Å². The van der Waals surface area contributed by atoms with Crippen LogP contribution in [0.2, 0.25) is 0 Å². The molecule has 190 valence electrons. The quantitative estimate of drug-likeness (QED) is 0.454. The smallest absolute Gasteiger partial charge is 0.253 e. The van der Waals surface area contributed by atoms with Gasteiger partial charge in [-0.1, -0.05) is 54.6 Å². The van der Waals surface area contributed by atoms with E-state index in [0.717, 1.165) is 25.2 Å². The van der Waals surface area contributed by atoms with E-state index in [1.807, 2.05) is 43.0 Å². The van der Waals surface area contributed by atoms with Crippen LogP contribution in [0.5, 0.6) is 5.75 Å². The van der Waals surface area contributed by atoms with Crippen molar-refractivity contribution in [3.05, 3.63) is 101 Å². The summed E-state index contributed by atoms with van der Waals surface area (Å²) in [5.41, 5.74) is 4.44. The largest absolute Gasteiger partial charge is 0.508 e. The molecule has 1 fully saturated rings. The second-order valence-corrected chi connectivity index (χ2v) is 9.90. The molecule has 1 aliphatic heterocycles. The molecule has 0 aliphatic carbocycles. The van der Waals surface area contributed by atoms with Crippen LogP contribution in [0.15, 0.2) is 78.9 Å². The molecule has 1 N–H and O–H groups in total. The molecule has 1 aliphatic rings. The van der Waals surface area contributed by atoms with Crippen molar-refractivity contribution in [3.63, 3.8) is 0 Å². The van der Waals surface area contributed by atoms with Gasteiger partial charge in [0.25, 0.3) is 5.91 Å². The van der Waals surface area contributed by atoms with E-state index in [1.165, 1.54) is 16.7 Å². The molecule has 0 saturated carbocycles. The van der Waals surface area contributed by atoms with Gasteiger partial charge >= 0.3 is 0 Å². The lowest BCUT2D eigenvalue weighted by atomic mass is 9.92. The fourth-order valence-corrected chi connectivity index (χ4v) is 5.35. The average Bonchev–Trinajstić information content (AvgIpc) is 2.90. The minimum atomic E-state index is 0.0904. The monoisotopic (exact) mass is 485 g/mol. The number of piperazine rings is 1. The molecule has 1 amide bonds. The number of benzene rings is 3. The minimum Gasteiger partial charge on any atom is -0.508 e. The van der Waals surface area contributed by atoms with Crippen LogP contribution in [0.4, 0.5) is 0 Å². The molecule has 4 rings (SSSR count). The van der Waals surface area contributed by atoms with Crippen molar-refractivity contribution in [2.24, 2.45) is 0 Å². The molecule has 0 aromatic heterocycles. The Morgan fingerprint density at radius 1 is 0.861 bits per heavy atom. The van der Waals surface area contributed by atoms with Gasteiger partial charge in [0.05, 0.1) is 6.04 Å². The van der Waals surface area contributed by atoms with Crippen molar-refractivity contribution in [3.8, 4) is 5.75 Å². The topological polar surface area (TPSA) is 47.0 Å². The molecule has 1 unspecified atom stereocenters. The molecule has 1 heterocycles. The minimum absolute atomic E-state index is 0.0904. The van der Waals surface area contributed by atoms with Crippen LogP contribution in [-0.2, 0) is 6.54 Å². The van der Waals surface area contributed by atoms with Crippen LogP contribution < -0.4 is 0 Å². The summed E-state index contributed by atoms with van der Waals surface area (Å²) in [6, 6.07) is 27.3. The lowest BCUT2D eigenvalue weighted by molar-refractivity contribution is 0.0195. The van der Waals surface area contributed by atoms with E-state index >= 15 is 0 Å². The van der Waals surface area contributed by atoms with Gasteiger partial charge in [-0.15, -0.1) is 0 Å². The maximum Gasteiger partial charge on any atom is 0.253 e. The molecule has 3 aromatic carbocycles. The van der Waals surface area contributed by atoms with Gasteiger partial charge in [-0.2, -0.15) is 0 Å². The average molecular weight is 486 g/mol. The van der Waals surface area contributed by atoms with E-state index in [1.54, 1.807) is 12.1 Å². The van der Waals surface area contributed by atoms with Crippen LogP contribution >= 0.6 is 0 Å². The number of phenols is 1. The number of rotatable bonds is 8. The maximum atomic E-state index is 12.9. The summed E-state index contributed by atoms with van der Waals surface area (Å²) in [5.74, 6) is 0.396. The van der Waals surface area contributed by atoms with Crippen LogP contribution in [-0.4, -0.2) is 64.0 Å². The van der Waals surface area contributed by atoms with Crippen LogP contribution in [0, 0.1) is 0 Å². The summed E-state index contributed by atoms with van der Waals surface area (Å²) in [7, 11) is 0. The first-order chi connectivity index (χ1) is 17.4. The number of amides is 1. The van der Waals surface area contributed by atoms with Crippen molar-refractivity contribution < 1.29 is 9.90 Å². The zero-order valence-corrected chi connectivity index (χ0v) is 22.0. The van der Waals surface area contributed by atoms with Crippen LogP contribution in [0.3, 0.4) is 0 Å². The third kappa shape index (κ3) is 5.80. The second-order valence-electron chi connectivity index (χ2n) is 9.90. The highest BCUT2D eigenvalue weighted by atomic mass is 16.3. The highest BCUT2D eigenvalue weighted by Crippen LogP contribution is 2.34. The molecule has 0 radical (unpaired) electrons. The Hall–Kier alpha value is -3.15. The Morgan fingerprint density at radius 3 is 2.08 bits per heavy atom. The molecule has 5 nitrogen and oxygen atoms in total. The van der Waals surface area contributed by atoms with Crippen molar-refractivity contribution in [1.82, 2.24) is 14.7 Å². The Labute approximate surface area is 216 Å². The van der Waals surface area contributed by atoms with E-state index in [4.69, 9.17) is 0 Å². The summed E-state index contributed by atoms with van der Waals surface area (Å²) in [5, 5.41) is 9.63. The van der Waals surface area contributed by atoms with Crippen molar-refractivity contribution in [2.45, 2.75) is 52.4 Å². The molecule has 0 bridgehead atoms. The molecular weight excluding hydrogens is 446 g/mol. The lowest BCUT2D eigenvalue weighted by Crippen LogP contribution is -2.56. The van der Waals surface area contributed by atoms with E-state index in [2.05, 4.69) is 66.1 Å². The summed E-state index contributed by atoms with van der Waals surface area (Å²) in [4.78, 5) is 19.9. The van der Waals surface area contributed by atoms with Crippen LogP contribution in [0.1, 0.15) is 60.8 Å². The summed E-state index contributed by atoms with van der Waals surface area (Å²) < 4.78 is 0. The Morgan fingerprint density at radius 2 is 1.47 bits per heavy atom. The fraction of sp³-hybridized carbons (Fsp3) is 0.387. The Balaban J connectivity index is 1.58. The predicted molar refractivity (Wildman–Crippen MR) is 146 cm³/mol. The summed E-state index contributed by atoms with van der Waals surface area (Å²) in [6.45, 7) is 12.9. The van der Waals surface area contributed by atoms with E-state index in [9.17, 15) is 9.90 Å². The second kappa shape index (κ2) is 11.7. The highest BCUT2D eigenvalue weighted by Gasteiger charge is 2.34.